The Balaban J connectivity index is 1.71. The number of methoxy groups -OCH3 is 2. The monoisotopic (exact) mass is 398 g/mol. The van der Waals surface area contributed by atoms with Crippen LogP contribution >= 0.6 is 11.6 Å². The summed E-state index contributed by atoms with van der Waals surface area (Å²) in [6, 6.07) is 13.9. The molecule has 1 heterocycles. The molecule has 2 N–H and O–H groups in total. The van der Waals surface area contributed by atoms with Crippen molar-refractivity contribution in [1.29, 1.82) is 0 Å². The number of ether oxygens (including phenoxy) is 2. The molecule has 28 heavy (non-hydrogen) atoms. The average molecular weight is 399 g/mol. The van der Waals surface area contributed by atoms with Crippen LogP contribution in [0.4, 0.5) is 17.2 Å². The van der Waals surface area contributed by atoms with Crippen molar-refractivity contribution < 1.29 is 14.3 Å². The molecule has 144 valence electrons. The molecule has 0 atom stereocenters. The van der Waals surface area contributed by atoms with E-state index in [9.17, 15) is 4.79 Å². The largest absolute Gasteiger partial charge is 0.497 e. The molecule has 0 aliphatic carbocycles. The molecule has 0 radical (unpaired) electrons. The standard InChI is InChI=1S/C20H19ClN4O3/c1-12-4-5-13(10-15(12)21)22-20(26)17-8-9-19(25-24-17)23-16-7-6-14(27-2)11-18(16)28-3/h4-11H,1-3H3,(H,22,26)(H,23,25). The summed E-state index contributed by atoms with van der Waals surface area (Å²) in [6.07, 6.45) is 0. The second kappa shape index (κ2) is 8.58. The van der Waals surface area contributed by atoms with Crippen molar-refractivity contribution in [2.24, 2.45) is 0 Å². The molecule has 3 aromatic rings. The minimum Gasteiger partial charge on any atom is -0.497 e. The number of hydrogen-bond donors (Lipinski definition) is 2. The number of benzene rings is 2. The maximum absolute atomic E-state index is 12.3. The van der Waals surface area contributed by atoms with Crippen LogP contribution in [0.5, 0.6) is 11.5 Å². The third-order valence-corrected chi connectivity index (χ3v) is 4.41. The van der Waals surface area contributed by atoms with E-state index < -0.39 is 0 Å². The van der Waals surface area contributed by atoms with Crippen molar-refractivity contribution in [3.63, 3.8) is 0 Å². The Labute approximate surface area is 167 Å². The molecule has 0 aliphatic heterocycles. The Kier molecular flexibility index (Phi) is 5.96. The number of anilines is 3. The molecule has 0 spiro atoms. The number of nitrogens with zero attached hydrogens (tertiary/aromatic N) is 2. The third-order valence-electron chi connectivity index (χ3n) is 4.00. The van der Waals surface area contributed by atoms with Crippen molar-refractivity contribution >= 4 is 34.7 Å². The van der Waals surface area contributed by atoms with Gasteiger partial charge in [-0.05, 0) is 48.9 Å². The van der Waals surface area contributed by atoms with Crippen LogP contribution < -0.4 is 20.1 Å². The molecule has 3 rings (SSSR count). The van der Waals surface area contributed by atoms with E-state index in [2.05, 4.69) is 20.8 Å². The zero-order chi connectivity index (χ0) is 20.1. The normalized spacial score (nSPS) is 10.3. The maximum Gasteiger partial charge on any atom is 0.276 e. The van der Waals surface area contributed by atoms with Gasteiger partial charge in [0.15, 0.2) is 11.5 Å². The Morgan fingerprint density at radius 3 is 2.46 bits per heavy atom. The fourth-order valence-electron chi connectivity index (χ4n) is 2.43. The summed E-state index contributed by atoms with van der Waals surface area (Å²) in [4.78, 5) is 12.3. The summed E-state index contributed by atoms with van der Waals surface area (Å²) in [6.45, 7) is 1.89. The van der Waals surface area contributed by atoms with E-state index in [1.165, 1.54) is 0 Å². The number of carbonyl (C=O) groups excluding carboxylic acids is 1. The molecule has 7 nitrogen and oxygen atoms in total. The number of hydrogen-bond acceptors (Lipinski definition) is 6. The second-order valence-corrected chi connectivity index (χ2v) is 6.32. The lowest BCUT2D eigenvalue weighted by atomic mass is 10.2. The predicted molar refractivity (Wildman–Crippen MR) is 109 cm³/mol. The highest BCUT2D eigenvalue weighted by atomic mass is 35.5. The van der Waals surface area contributed by atoms with Crippen LogP contribution in [-0.4, -0.2) is 30.3 Å². The van der Waals surface area contributed by atoms with Crippen molar-refractivity contribution in [1.82, 2.24) is 10.2 Å². The molecular formula is C20H19ClN4O3. The van der Waals surface area contributed by atoms with Gasteiger partial charge in [0.05, 0.1) is 19.9 Å². The first-order valence-corrected chi connectivity index (χ1v) is 8.78. The van der Waals surface area contributed by atoms with Gasteiger partial charge in [0.25, 0.3) is 5.91 Å². The van der Waals surface area contributed by atoms with Crippen molar-refractivity contribution in [2.45, 2.75) is 6.92 Å². The van der Waals surface area contributed by atoms with Gasteiger partial charge in [0.1, 0.15) is 11.5 Å². The lowest BCUT2D eigenvalue weighted by Crippen LogP contribution is -2.14. The number of aryl methyl sites for hydroxylation is 1. The van der Waals surface area contributed by atoms with E-state index in [1.807, 2.05) is 13.0 Å². The van der Waals surface area contributed by atoms with Crippen LogP contribution in [0.3, 0.4) is 0 Å². The highest BCUT2D eigenvalue weighted by Gasteiger charge is 2.11. The van der Waals surface area contributed by atoms with Gasteiger partial charge in [0.2, 0.25) is 0 Å². The number of rotatable bonds is 6. The Morgan fingerprint density at radius 1 is 1.00 bits per heavy atom. The Bertz CT molecular complexity index is 993. The first-order valence-electron chi connectivity index (χ1n) is 8.40. The van der Waals surface area contributed by atoms with Crippen LogP contribution in [0.2, 0.25) is 5.02 Å². The van der Waals surface area contributed by atoms with Gasteiger partial charge in [-0.15, -0.1) is 10.2 Å². The Hall–Kier alpha value is -3.32. The molecule has 0 saturated heterocycles. The van der Waals surface area contributed by atoms with Crippen LogP contribution in [0.1, 0.15) is 16.1 Å². The molecule has 0 fully saturated rings. The summed E-state index contributed by atoms with van der Waals surface area (Å²) in [5.74, 6) is 1.37. The van der Waals surface area contributed by atoms with Gasteiger partial charge >= 0.3 is 0 Å². The number of amides is 1. The summed E-state index contributed by atoms with van der Waals surface area (Å²) in [5, 5.41) is 14.5. The minimum atomic E-state index is -0.374. The second-order valence-electron chi connectivity index (χ2n) is 5.91. The zero-order valence-electron chi connectivity index (χ0n) is 15.6. The third kappa shape index (κ3) is 4.50. The minimum absolute atomic E-state index is 0.184. The van der Waals surface area contributed by atoms with Crippen LogP contribution in [0, 0.1) is 6.92 Å². The van der Waals surface area contributed by atoms with Gasteiger partial charge in [-0.25, -0.2) is 0 Å². The lowest BCUT2D eigenvalue weighted by molar-refractivity contribution is 0.102. The van der Waals surface area contributed by atoms with Crippen LogP contribution in [0.15, 0.2) is 48.5 Å². The van der Waals surface area contributed by atoms with Gasteiger partial charge < -0.3 is 20.1 Å². The topological polar surface area (TPSA) is 85.4 Å². The lowest BCUT2D eigenvalue weighted by Gasteiger charge is -2.12. The number of halogens is 1. The van der Waals surface area contributed by atoms with E-state index in [1.54, 1.807) is 56.7 Å². The molecule has 1 amide bonds. The van der Waals surface area contributed by atoms with Gasteiger partial charge in [-0.3, -0.25) is 4.79 Å². The first kappa shape index (κ1) is 19.4. The van der Waals surface area contributed by atoms with Crippen molar-refractivity contribution in [2.75, 3.05) is 24.9 Å². The molecule has 0 bridgehead atoms. The quantitative estimate of drug-likeness (QED) is 0.638. The van der Waals surface area contributed by atoms with E-state index in [0.717, 1.165) is 5.56 Å². The molecule has 8 heteroatoms. The van der Waals surface area contributed by atoms with Gasteiger partial charge in [-0.2, -0.15) is 0 Å². The number of nitrogens with one attached hydrogen (secondary N) is 2. The van der Waals surface area contributed by atoms with E-state index in [0.29, 0.717) is 33.7 Å². The molecule has 0 aliphatic rings. The highest BCUT2D eigenvalue weighted by Crippen LogP contribution is 2.30. The van der Waals surface area contributed by atoms with Crippen LogP contribution in [-0.2, 0) is 0 Å². The fourth-order valence-corrected chi connectivity index (χ4v) is 2.61. The molecule has 2 aromatic carbocycles. The van der Waals surface area contributed by atoms with E-state index in [4.69, 9.17) is 21.1 Å². The average Bonchev–Trinajstić information content (AvgIpc) is 2.71. The van der Waals surface area contributed by atoms with Gasteiger partial charge in [-0.1, -0.05) is 17.7 Å². The fraction of sp³-hybridized carbons (Fsp3) is 0.150. The smallest absolute Gasteiger partial charge is 0.276 e. The van der Waals surface area contributed by atoms with E-state index >= 15 is 0 Å². The summed E-state index contributed by atoms with van der Waals surface area (Å²) in [7, 11) is 3.15. The van der Waals surface area contributed by atoms with Gasteiger partial charge in [0, 0.05) is 16.8 Å². The van der Waals surface area contributed by atoms with Crippen molar-refractivity contribution in [3.8, 4) is 11.5 Å². The predicted octanol–water partition coefficient (Wildman–Crippen LogP) is 4.45. The molecule has 1 aromatic heterocycles. The molecular weight excluding hydrogens is 380 g/mol. The van der Waals surface area contributed by atoms with E-state index in [-0.39, 0.29) is 11.6 Å². The first-order chi connectivity index (χ1) is 13.5. The zero-order valence-corrected chi connectivity index (χ0v) is 16.4. The molecule has 0 saturated carbocycles. The number of aromatic nitrogens is 2. The van der Waals surface area contributed by atoms with Crippen LogP contribution in [0.25, 0.3) is 0 Å². The summed E-state index contributed by atoms with van der Waals surface area (Å²) >= 11 is 6.08. The summed E-state index contributed by atoms with van der Waals surface area (Å²) in [5.41, 5.74) is 2.41. The van der Waals surface area contributed by atoms with Crippen molar-refractivity contribution in [3.05, 3.63) is 64.8 Å². The number of carbonyl (C=O) groups is 1. The maximum atomic E-state index is 12.3. The molecule has 0 unspecified atom stereocenters. The SMILES string of the molecule is COc1ccc(Nc2ccc(C(=O)Nc3ccc(C)c(Cl)c3)nn2)c(OC)c1. The summed E-state index contributed by atoms with van der Waals surface area (Å²) < 4.78 is 10.5. The Morgan fingerprint density at radius 2 is 1.82 bits per heavy atom. The highest BCUT2D eigenvalue weighted by molar-refractivity contribution is 6.31.